The summed E-state index contributed by atoms with van der Waals surface area (Å²) in [6.07, 6.45) is 0. The number of hydrogen-bond donors (Lipinski definition) is 1. The molecule has 0 saturated carbocycles. The van der Waals surface area contributed by atoms with Crippen molar-refractivity contribution in [1.29, 1.82) is 0 Å². The van der Waals surface area contributed by atoms with Crippen molar-refractivity contribution in [3.63, 3.8) is 0 Å². The van der Waals surface area contributed by atoms with E-state index in [4.69, 9.17) is 0 Å². The minimum absolute atomic E-state index is 0.166. The quantitative estimate of drug-likeness (QED) is 0.666. The molecular weight excluding hydrogens is 184 g/mol. The molecule has 0 aliphatic rings. The van der Waals surface area contributed by atoms with E-state index in [0.717, 1.165) is 9.25 Å². The Morgan fingerprint density at radius 3 is 2.14 bits per heavy atom. The largest absolute Gasteiger partial charge is 0.367 e. The van der Waals surface area contributed by atoms with Crippen LogP contribution in [-0.2, 0) is 14.1 Å². The number of nitrogens with zero attached hydrogens (tertiary/aromatic N) is 3. The highest BCUT2D eigenvalue weighted by Gasteiger charge is 2.05. The van der Waals surface area contributed by atoms with Crippen LogP contribution >= 0.6 is 0 Å². The van der Waals surface area contributed by atoms with Crippen LogP contribution in [0.3, 0.4) is 0 Å². The van der Waals surface area contributed by atoms with Gasteiger partial charge in [0.05, 0.1) is 0 Å². The highest BCUT2D eigenvalue weighted by atomic mass is 16.2. The zero-order chi connectivity index (χ0) is 11.3. The number of nitrogens with one attached hydrogen (secondary N) is 1. The van der Waals surface area contributed by atoms with Crippen molar-refractivity contribution in [2.24, 2.45) is 14.1 Å². The molecule has 0 amide bonds. The maximum absolute atomic E-state index is 11.2. The van der Waals surface area contributed by atoms with Crippen molar-refractivity contribution in [3.05, 3.63) is 20.8 Å². The summed E-state index contributed by atoms with van der Waals surface area (Å²) in [5.74, 6) is 0.166. The molecule has 1 N–H and O–H groups in total. The molecule has 1 heterocycles. The van der Waals surface area contributed by atoms with Gasteiger partial charge >= 0.3 is 5.69 Å². The van der Waals surface area contributed by atoms with Crippen molar-refractivity contribution in [2.75, 3.05) is 12.4 Å². The van der Waals surface area contributed by atoms with E-state index in [2.05, 4.69) is 10.4 Å². The molecule has 1 aromatic heterocycles. The number of rotatable bonds is 1. The summed E-state index contributed by atoms with van der Waals surface area (Å²) in [7, 11) is 4.48. The van der Waals surface area contributed by atoms with Crippen LogP contribution in [0.5, 0.6) is 0 Å². The summed E-state index contributed by atoms with van der Waals surface area (Å²) in [5.41, 5.74) is -0.848. The van der Waals surface area contributed by atoms with Crippen LogP contribution in [0.4, 0.5) is 5.82 Å². The van der Waals surface area contributed by atoms with Crippen LogP contribution in [-0.4, -0.2) is 21.4 Å². The molecule has 0 spiro atoms. The molecule has 14 heavy (non-hydrogen) atoms. The van der Waals surface area contributed by atoms with Crippen LogP contribution in [0.15, 0.2) is 9.59 Å². The van der Waals surface area contributed by atoms with Crippen molar-refractivity contribution >= 4 is 5.82 Å². The Balaban J connectivity index is 0.000000791. The average molecular weight is 200 g/mol. The summed E-state index contributed by atoms with van der Waals surface area (Å²) in [6, 6.07) is 0. The van der Waals surface area contributed by atoms with E-state index in [1.807, 2.05) is 13.8 Å². The van der Waals surface area contributed by atoms with Crippen LogP contribution in [0.2, 0.25) is 0 Å². The summed E-state index contributed by atoms with van der Waals surface area (Å²) >= 11 is 0. The summed E-state index contributed by atoms with van der Waals surface area (Å²) in [6.45, 7) is 4.00. The van der Waals surface area contributed by atoms with Gasteiger partial charge in [0.15, 0.2) is 0 Å². The standard InChI is InChI=1S/C6H10N4O2.C2H6/c1-7-4-5(11)9(2)6(12)10(3)8-4;1-2/h1-3H3,(H,7,8);1-2H3. The smallest absolute Gasteiger partial charge is 0.346 e. The van der Waals surface area contributed by atoms with Gasteiger partial charge in [-0.25, -0.2) is 9.48 Å². The molecule has 6 heteroatoms. The van der Waals surface area contributed by atoms with Crippen LogP contribution in [0.25, 0.3) is 0 Å². The maximum atomic E-state index is 11.2. The van der Waals surface area contributed by atoms with Gasteiger partial charge in [-0.05, 0) is 0 Å². The topological polar surface area (TPSA) is 68.9 Å². The number of aryl methyl sites for hydroxylation is 1. The number of anilines is 1. The van der Waals surface area contributed by atoms with Crippen LogP contribution in [0, 0.1) is 0 Å². The first-order valence-corrected chi connectivity index (χ1v) is 4.40. The van der Waals surface area contributed by atoms with Crippen molar-refractivity contribution in [2.45, 2.75) is 13.8 Å². The lowest BCUT2D eigenvalue weighted by Gasteiger charge is -2.03. The fraction of sp³-hybridized carbons (Fsp3) is 0.625. The third kappa shape index (κ3) is 2.21. The van der Waals surface area contributed by atoms with Crippen molar-refractivity contribution in [3.8, 4) is 0 Å². The fourth-order valence-corrected chi connectivity index (χ4v) is 0.855. The van der Waals surface area contributed by atoms with Crippen LogP contribution < -0.4 is 16.6 Å². The minimum Gasteiger partial charge on any atom is -0.367 e. The van der Waals surface area contributed by atoms with Gasteiger partial charge < -0.3 is 5.32 Å². The molecule has 6 nitrogen and oxygen atoms in total. The Kier molecular flexibility index (Phi) is 4.62. The molecule has 80 valence electrons. The molecule has 1 rings (SSSR count). The second kappa shape index (κ2) is 5.21. The van der Waals surface area contributed by atoms with Gasteiger partial charge in [-0.2, -0.15) is 0 Å². The minimum atomic E-state index is -0.431. The number of hydrogen-bond acceptors (Lipinski definition) is 4. The molecule has 0 aromatic carbocycles. The highest BCUT2D eigenvalue weighted by Crippen LogP contribution is 1.83. The Hall–Kier alpha value is -1.59. The predicted molar refractivity (Wildman–Crippen MR) is 55.6 cm³/mol. The lowest BCUT2D eigenvalue weighted by atomic mass is 10.7. The Morgan fingerprint density at radius 1 is 1.21 bits per heavy atom. The second-order valence-corrected chi connectivity index (χ2v) is 2.37. The van der Waals surface area contributed by atoms with E-state index in [9.17, 15) is 9.59 Å². The Morgan fingerprint density at radius 2 is 1.71 bits per heavy atom. The summed E-state index contributed by atoms with van der Waals surface area (Å²) in [4.78, 5) is 22.3. The number of aromatic nitrogens is 3. The van der Waals surface area contributed by atoms with E-state index in [1.54, 1.807) is 7.05 Å². The average Bonchev–Trinajstić information content (AvgIpc) is 2.23. The summed E-state index contributed by atoms with van der Waals surface area (Å²) in [5, 5.41) is 6.31. The molecule has 0 aliphatic heterocycles. The van der Waals surface area contributed by atoms with Gasteiger partial charge in [0.25, 0.3) is 5.56 Å². The monoisotopic (exact) mass is 200 g/mol. The Labute approximate surface area is 82.2 Å². The van der Waals surface area contributed by atoms with Gasteiger partial charge in [0.1, 0.15) is 0 Å². The molecule has 0 saturated heterocycles. The Bertz CT molecular complexity index is 405. The highest BCUT2D eigenvalue weighted by molar-refractivity contribution is 5.27. The molecule has 0 fully saturated rings. The van der Waals surface area contributed by atoms with Crippen molar-refractivity contribution in [1.82, 2.24) is 14.3 Å². The normalized spacial score (nSPS) is 8.93. The molecular formula is C8H16N4O2. The maximum Gasteiger partial charge on any atom is 0.346 e. The van der Waals surface area contributed by atoms with Gasteiger partial charge in [-0.15, -0.1) is 5.10 Å². The first-order chi connectivity index (χ1) is 6.57. The van der Waals surface area contributed by atoms with E-state index in [0.29, 0.717) is 0 Å². The first kappa shape index (κ1) is 12.4. The lowest BCUT2D eigenvalue weighted by Crippen LogP contribution is -2.39. The van der Waals surface area contributed by atoms with Crippen LogP contribution in [0.1, 0.15) is 13.8 Å². The van der Waals surface area contributed by atoms with Crippen molar-refractivity contribution < 1.29 is 0 Å². The summed E-state index contributed by atoms with van der Waals surface area (Å²) < 4.78 is 2.10. The molecule has 0 radical (unpaired) electrons. The zero-order valence-corrected chi connectivity index (χ0v) is 9.16. The molecule has 0 unspecified atom stereocenters. The van der Waals surface area contributed by atoms with Gasteiger partial charge in [-0.1, -0.05) is 13.8 Å². The molecule has 1 aromatic rings. The molecule has 0 bridgehead atoms. The zero-order valence-electron chi connectivity index (χ0n) is 9.16. The van der Waals surface area contributed by atoms with Gasteiger partial charge in [0, 0.05) is 21.1 Å². The fourth-order valence-electron chi connectivity index (χ4n) is 0.855. The van der Waals surface area contributed by atoms with Gasteiger partial charge in [-0.3, -0.25) is 9.36 Å². The SMILES string of the molecule is CC.CNc1nn(C)c(=O)n(C)c1=O. The first-order valence-electron chi connectivity index (χ1n) is 4.40. The van der Waals surface area contributed by atoms with E-state index in [1.165, 1.54) is 14.1 Å². The third-order valence-electron chi connectivity index (χ3n) is 1.56. The molecule has 0 aliphatic carbocycles. The second-order valence-electron chi connectivity index (χ2n) is 2.37. The third-order valence-corrected chi connectivity index (χ3v) is 1.56. The molecule has 0 atom stereocenters. The predicted octanol–water partition coefficient (Wildman–Crippen LogP) is -0.453. The van der Waals surface area contributed by atoms with E-state index in [-0.39, 0.29) is 5.82 Å². The van der Waals surface area contributed by atoms with E-state index >= 15 is 0 Å². The van der Waals surface area contributed by atoms with E-state index < -0.39 is 11.2 Å². The lowest BCUT2D eigenvalue weighted by molar-refractivity contribution is 0.606. The van der Waals surface area contributed by atoms with Gasteiger partial charge in [0.2, 0.25) is 5.82 Å².